The van der Waals surface area contributed by atoms with E-state index in [0.29, 0.717) is 0 Å². The molecule has 2 rings (SSSR count). The van der Waals surface area contributed by atoms with Crippen LogP contribution in [-0.4, -0.2) is 37.5 Å². The molecular formula is C16H24BrN2O+. The van der Waals surface area contributed by atoms with E-state index in [9.17, 15) is 5.11 Å². The summed E-state index contributed by atoms with van der Waals surface area (Å²) in [6.45, 7) is 0.835. The number of nitrogens with zero attached hydrogens (tertiary/aromatic N) is 1. The van der Waals surface area contributed by atoms with Gasteiger partial charge in [-0.2, -0.15) is 0 Å². The predicted octanol–water partition coefficient (Wildman–Crippen LogP) is 2.42. The van der Waals surface area contributed by atoms with Crippen molar-refractivity contribution in [3.63, 3.8) is 0 Å². The highest BCUT2D eigenvalue weighted by atomic mass is 79.9. The molecule has 0 bridgehead atoms. The SMILES string of the molecule is C[NH+](C)C1(CN=Cc2cc(Br)ccc2O)CCCCC1. The molecule has 0 aliphatic heterocycles. The van der Waals surface area contributed by atoms with Gasteiger partial charge in [0.05, 0.1) is 20.6 Å². The molecule has 0 amide bonds. The van der Waals surface area contributed by atoms with Crippen molar-refractivity contribution in [2.75, 3.05) is 20.6 Å². The second-order valence-electron chi connectivity index (χ2n) is 6.01. The monoisotopic (exact) mass is 339 g/mol. The van der Waals surface area contributed by atoms with Crippen LogP contribution in [0, 0.1) is 0 Å². The van der Waals surface area contributed by atoms with Crippen LogP contribution in [0.25, 0.3) is 0 Å². The number of aliphatic imine (C=N–C) groups is 1. The van der Waals surface area contributed by atoms with Gasteiger partial charge < -0.3 is 10.0 Å². The molecule has 0 unspecified atom stereocenters. The molecule has 3 nitrogen and oxygen atoms in total. The highest BCUT2D eigenvalue weighted by molar-refractivity contribution is 9.10. The Morgan fingerprint density at radius 1 is 1.30 bits per heavy atom. The average molecular weight is 340 g/mol. The molecule has 4 heteroatoms. The standard InChI is InChI=1S/C16H23BrN2O/c1-19(2)16(8-4-3-5-9-16)12-18-11-13-10-14(17)6-7-15(13)20/h6-7,10-11,20H,3-5,8-9,12H2,1-2H3/p+1. The van der Waals surface area contributed by atoms with E-state index in [1.807, 2.05) is 12.1 Å². The van der Waals surface area contributed by atoms with Crippen LogP contribution < -0.4 is 4.90 Å². The molecule has 1 aromatic rings. The van der Waals surface area contributed by atoms with Gasteiger partial charge in [0.1, 0.15) is 11.3 Å². The van der Waals surface area contributed by atoms with E-state index < -0.39 is 0 Å². The zero-order valence-electron chi connectivity index (χ0n) is 12.3. The first kappa shape index (κ1) is 15.5. The normalized spacial score (nSPS) is 18.8. The van der Waals surface area contributed by atoms with Gasteiger partial charge in [-0.15, -0.1) is 0 Å². The number of benzene rings is 1. The van der Waals surface area contributed by atoms with Gasteiger partial charge in [-0.3, -0.25) is 4.99 Å². The Hall–Kier alpha value is -0.870. The highest BCUT2D eigenvalue weighted by Crippen LogP contribution is 2.26. The van der Waals surface area contributed by atoms with Crippen molar-refractivity contribution in [2.24, 2.45) is 4.99 Å². The van der Waals surface area contributed by atoms with Crippen molar-refractivity contribution in [1.82, 2.24) is 0 Å². The summed E-state index contributed by atoms with van der Waals surface area (Å²) in [4.78, 5) is 6.13. The fourth-order valence-corrected chi connectivity index (χ4v) is 3.37. The third-order valence-corrected chi connectivity index (χ3v) is 4.98. The first-order valence-corrected chi connectivity index (χ1v) is 8.12. The smallest absolute Gasteiger partial charge is 0.124 e. The lowest BCUT2D eigenvalue weighted by atomic mass is 9.81. The molecule has 0 saturated heterocycles. The van der Waals surface area contributed by atoms with Gasteiger partial charge >= 0.3 is 0 Å². The Morgan fingerprint density at radius 2 is 2.00 bits per heavy atom. The molecule has 1 aliphatic carbocycles. The summed E-state index contributed by atoms with van der Waals surface area (Å²) in [5.74, 6) is 0.284. The van der Waals surface area contributed by atoms with E-state index in [0.717, 1.165) is 16.6 Å². The molecule has 0 radical (unpaired) electrons. The first-order chi connectivity index (χ1) is 9.53. The number of nitrogens with one attached hydrogen (secondary N) is 1. The van der Waals surface area contributed by atoms with Crippen LogP contribution in [0.15, 0.2) is 27.7 Å². The van der Waals surface area contributed by atoms with Crippen LogP contribution in [-0.2, 0) is 0 Å². The number of aromatic hydroxyl groups is 1. The molecule has 0 heterocycles. The van der Waals surface area contributed by atoms with E-state index in [-0.39, 0.29) is 11.3 Å². The fourth-order valence-electron chi connectivity index (χ4n) is 2.99. The van der Waals surface area contributed by atoms with Crippen molar-refractivity contribution >= 4 is 22.1 Å². The Morgan fingerprint density at radius 3 is 2.65 bits per heavy atom. The van der Waals surface area contributed by atoms with Crippen molar-refractivity contribution in [3.05, 3.63) is 28.2 Å². The van der Waals surface area contributed by atoms with Gasteiger partial charge in [-0.25, -0.2) is 0 Å². The van der Waals surface area contributed by atoms with Crippen molar-refractivity contribution in [2.45, 2.75) is 37.6 Å². The maximum atomic E-state index is 9.83. The summed E-state index contributed by atoms with van der Waals surface area (Å²) >= 11 is 3.42. The van der Waals surface area contributed by atoms with Gasteiger partial charge in [0.15, 0.2) is 0 Å². The lowest BCUT2D eigenvalue weighted by molar-refractivity contribution is -0.915. The molecule has 0 spiro atoms. The minimum atomic E-state index is 0.274. The van der Waals surface area contributed by atoms with E-state index in [4.69, 9.17) is 0 Å². The summed E-state index contributed by atoms with van der Waals surface area (Å²) in [5.41, 5.74) is 1.05. The molecule has 20 heavy (non-hydrogen) atoms. The van der Waals surface area contributed by atoms with Crippen LogP contribution in [0.4, 0.5) is 0 Å². The van der Waals surface area contributed by atoms with Crippen LogP contribution in [0.5, 0.6) is 5.75 Å². The molecule has 2 N–H and O–H groups in total. The van der Waals surface area contributed by atoms with Gasteiger partial charge in [0.25, 0.3) is 0 Å². The van der Waals surface area contributed by atoms with Gasteiger partial charge in [0, 0.05) is 29.1 Å². The summed E-state index contributed by atoms with van der Waals surface area (Å²) in [6.07, 6.45) is 8.27. The number of quaternary nitrogens is 1. The molecular weight excluding hydrogens is 316 g/mol. The zero-order chi connectivity index (χ0) is 14.6. The topological polar surface area (TPSA) is 37.0 Å². The molecule has 1 aromatic carbocycles. The molecule has 0 aromatic heterocycles. The fraction of sp³-hybridized carbons (Fsp3) is 0.562. The lowest BCUT2D eigenvalue weighted by Gasteiger charge is -2.38. The van der Waals surface area contributed by atoms with Crippen LogP contribution in [0.3, 0.4) is 0 Å². The lowest BCUT2D eigenvalue weighted by Crippen LogP contribution is -3.16. The second-order valence-corrected chi connectivity index (χ2v) is 6.93. The third kappa shape index (κ3) is 3.61. The van der Waals surface area contributed by atoms with Crippen molar-refractivity contribution < 1.29 is 10.0 Å². The Labute approximate surface area is 129 Å². The van der Waals surface area contributed by atoms with Crippen LogP contribution in [0.2, 0.25) is 0 Å². The number of hydrogen-bond donors (Lipinski definition) is 2. The van der Waals surface area contributed by atoms with E-state index in [2.05, 4.69) is 35.0 Å². The van der Waals surface area contributed by atoms with E-state index >= 15 is 0 Å². The van der Waals surface area contributed by atoms with Gasteiger partial charge in [-0.05, 0) is 31.0 Å². The van der Waals surface area contributed by atoms with Gasteiger partial charge in [0.2, 0.25) is 0 Å². The van der Waals surface area contributed by atoms with E-state index in [1.165, 1.54) is 37.0 Å². The number of phenols is 1. The Kier molecular flexibility index (Phi) is 5.22. The minimum Gasteiger partial charge on any atom is -0.507 e. The first-order valence-electron chi connectivity index (χ1n) is 7.32. The quantitative estimate of drug-likeness (QED) is 0.812. The predicted molar refractivity (Wildman–Crippen MR) is 86.9 cm³/mol. The summed E-state index contributed by atoms with van der Waals surface area (Å²) < 4.78 is 0.961. The number of rotatable bonds is 4. The Balaban J connectivity index is 2.09. The second kappa shape index (κ2) is 6.72. The molecule has 1 aliphatic rings. The van der Waals surface area contributed by atoms with Gasteiger partial charge in [-0.1, -0.05) is 22.4 Å². The summed E-state index contributed by atoms with van der Waals surface area (Å²) in [7, 11) is 4.47. The van der Waals surface area contributed by atoms with Crippen LogP contribution in [0.1, 0.15) is 37.7 Å². The van der Waals surface area contributed by atoms with Crippen LogP contribution >= 0.6 is 15.9 Å². The maximum Gasteiger partial charge on any atom is 0.124 e. The molecule has 0 atom stereocenters. The average Bonchev–Trinajstić information content (AvgIpc) is 2.43. The number of halogens is 1. The summed E-state index contributed by atoms with van der Waals surface area (Å²) in [5, 5.41) is 9.83. The van der Waals surface area contributed by atoms with E-state index in [1.54, 1.807) is 12.3 Å². The molecule has 110 valence electrons. The highest BCUT2D eigenvalue weighted by Gasteiger charge is 2.37. The zero-order valence-corrected chi connectivity index (χ0v) is 13.9. The minimum absolute atomic E-state index is 0.274. The maximum absolute atomic E-state index is 9.83. The number of hydrogen-bond acceptors (Lipinski definition) is 2. The third-order valence-electron chi connectivity index (χ3n) is 4.49. The summed E-state index contributed by atoms with van der Waals surface area (Å²) in [6, 6.07) is 5.42. The largest absolute Gasteiger partial charge is 0.507 e. The Bertz CT molecular complexity index is 479. The molecule has 1 saturated carbocycles. The number of phenolic OH excluding ortho intramolecular Hbond substituents is 1. The van der Waals surface area contributed by atoms with Crippen molar-refractivity contribution in [1.29, 1.82) is 0 Å². The van der Waals surface area contributed by atoms with Crippen molar-refractivity contribution in [3.8, 4) is 5.75 Å². The molecule has 1 fully saturated rings. The number of likely N-dealkylation sites (N-methyl/N-ethyl adjacent to an activating group) is 1.